The van der Waals surface area contributed by atoms with Crippen LogP contribution in [0.15, 0.2) is 0 Å². The molecule has 1 fully saturated rings. The monoisotopic (exact) mass is 232 g/mol. The van der Waals surface area contributed by atoms with Crippen LogP contribution in [-0.4, -0.2) is 44.7 Å². The lowest BCUT2D eigenvalue weighted by Crippen LogP contribution is -2.53. The van der Waals surface area contributed by atoms with Crippen LogP contribution in [0, 0.1) is 17.8 Å². The molecule has 0 aromatic rings. The van der Waals surface area contributed by atoms with Gasteiger partial charge in [-0.05, 0) is 24.7 Å². The van der Waals surface area contributed by atoms with Crippen LogP contribution in [0.1, 0.15) is 26.7 Å². The Labute approximate surface area is 94.7 Å². The SMILES string of the molecule is CC(C)C[C@@H]1CC(C(=O)O)[C@@H](O)[C@H](O)C1O. The second kappa shape index (κ2) is 5.12. The van der Waals surface area contributed by atoms with Gasteiger partial charge in [-0.1, -0.05) is 13.8 Å². The molecule has 5 heteroatoms. The summed E-state index contributed by atoms with van der Waals surface area (Å²) in [6.07, 6.45) is -2.91. The lowest BCUT2D eigenvalue weighted by Gasteiger charge is -2.39. The maximum Gasteiger partial charge on any atom is 0.309 e. The van der Waals surface area contributed by atoms with Crippen LogP contribution < -0.4 is 0 Å². The van der Waals surface area contributed by atoms with E-state index in [0.29, 0.717) is 12.3 Å². The molecule has 0 heterocycles. The maximum atomic E-state index is 10.9. The largest absolute Gasteiger partial charge is 0.481 e. The first-order valence-electron chi connectivity index (χ1n) is 5.61. The lowest BCUT2D eigenvalue weighted by atomic mass is 9.73. The predicted octanol–water partition coefficient (Wildman–Crippen LogP) is -0.164. The van der Waals surface area contributed by atoms with Gasteiger partial charge < -0.3 is 20.4 Å². The molecule has 2 unspecified atom stereocenters. The molecule has 4 N–H and O–H groups in total. The molecule has 0 aromatic carbocycles. The molecule has 0 saturated heterocycles. The van der Waals surface area contributed by atoms with E-state index in [4.69, 9.17) is 5.11 Å². The minimum Gasteiger partial charge on any atom is -0.481 e. The van der Waals surface area contributed by atoms with Crippen molar-refractivity contribution in [1.29, 1.82) is 0 Å². The second-order valence-corrected chi connectivity index (χ2v) is 5.04. The van der Waals surface area contributed by atoms with Gasteiger partial charge in [0.1, 0.15) is 6.10 Å². The number of aliphatic carboxylic acids is 1. The van der Waals surface area contributed by atoms with Crippen molar-refractivity contribution in [1.82, 2.24) is 0 Å². The fraction of sp³-hybridized carbons (Fsp3) is 0.909. The lowest BCUT2D eigenvalue weighted by molar-refractivity contribution is -0.169. The van der Waals surface area contributed by atoms with Crippen molar-refractivity contribution < 1.29 is 25.2 Å². The maximum absolute atomic E-state index is 10.9. The zero-order valence-electron chi connectivity index (χ0n) is 9.58. The fourth-order valence-electron chi connectivity index (χ4n) is 2.41. The quantitative estimate of drug-likeness (QED) is 0.542. The molecule has 0 aromatic heterocycles. The summed E-state index contributed by atoms with van der Waals surface area (Å²) in [4.78, 5) is 10.9. The molecule has 1 aliphatic rings. The Morgan fingerprint density at radius 2 is 1.75 bits per heavy atom. The molecule has 94 valence electrons. The highest BCUT2D eigenvalue weighted by atomic mass is 16.4. The van der Waals surface area contributed by atoms with Gasteiger partial charge in [-0.2, -0.15) is 0 Å². The highest BCUT2D eigenvalue weighted by molar-refractivity contribution is 5.71. The molecule has 16 heavy (non-hydrogen) atoms. The highest BCUT2D eigenvalue weighted by Crippen LogP contribution is 2.34. The van der Waals surface area contributed by atoms with Gasteiger partial charge >= 0.3 is 5.97 Å². The van der Waals surface area contributed by atoms with Gasteiger partial charge in [0.15, 0.2) is 0 Å². The van der Waals surface area contributed by atoms with Gasteiger partial charge in [-0.25, -0.2) is 0 Å². The number of hydrogen-bond acceptors (Lipinski definition) is 4. The Morgan fingerprint density at radius 3 is 2.19 bits per heavy atom. The van der Waals surface area contributed by atoms with Crippen molar-refractivity contribution in [2.45, 2.75) is 45.0 Å². The molecule has 0 bridgehead atoms. The van der Waals surface area contributed by atoms with E-state index in [1.165, 1.54) is 0 Å². The van der Waals surface area contributed by atoms with Crippen LogP contribution in [0.4, 0.5) is 0 Å². The zero-order valence-corrected chi connectivity index (χ0v) is 9.58. The molecule has 1 rings (SSSR count). The first-order valence-corrected chi connectivity index (χ1v) is 5.61. The summed E-state index contributed by atoms with van der Waals surface area (Å²) in [5.74, 6) is -2.05. The van der Waals surface area contributed by atoms with Crippen molar-refractivity contribution in [3.63, 3.8) is 0 Å². The Bertz CT molecular complexity index is 253. The van der Waals surface area contributed by atoms with Gasteiger partial charge in [0.05, 0.1) is 18.1 Å². The van der Waals surface area contributed by atoms with Crippen LogP contribution in [0.25, 0.3) is 0 Å². The van der Waals surface area contributed by atoms with Crippen molar-refractivity contribution in [2.24, 2.45) is 17.8 Å². The second-order valence-electron chi connectivity index (χ2n) is 5.04. The minimum absolute atomic E-state index is 0.215. The first kappa shape index (κ1) is 13.4. The van der Waals surface area contributed by atoms with Gasteiger partial charge in [0.2, 0.25) is 0 Å². The average Bonchev–Trinajstić information content (AvgIpc) is 2.18. The highest BCUT2D eigenvalue weighted by Gasteiger charge is 2.45. The van der Waals surface area contributed by atoms with E-state index in [1.54, 1.807) is 0 Å². The number of carboxylic acids is 1. The van der Waals surface area contributed by atoms with E-state index in [-0.39, 0.29) is 12.3 Å². The molecule has 0 spiro atoms. The van der Waals surface area contributed by atoms with Crippen LogP contribution in [0.2, 0.25) is 0 Å². The Morgan fingerprint density at radius 1 is 1.19 bits per heavy atom. The number of carboxylic acid groups (broad SMARTS) is 1. The van der Waals surface area contributed by atoms with E-state index < -0.39 is 30.2 Å². The van der Waals surface area contributed by atoms with Gasteiger partial charge in [0, 0.05) is 0 Å². The predicted molar refractivity (Wildman–Crippen MR) is 56.7 cm³/mol. The molecule has 0 radical (unpaired) electrons. The van der Waals surface area contributed by atoms with Crippen LogP contribution in [-0.2, 0) is 4.79 Å². The third kappa shape index (κ3) is 2.72. The summed E-state index contributed by atoms with van der Waals surface area (Å²) in [5, 5.41) is 37.8. The Kier molecular flexibility index (Phi) is 4.29. The Balaban J connectivity index is 2.77. The van der Waals surface area contributed by atoms with Crippen molar-refractivity contribution in [3.05, 3.63) is 0 Å². The number of hydrogen-bond donors (Lipinski definition) is 4. The summed E-state index contributed by atoms with van der Waals surface area (Å²) in [6.45, 7) is 3.94. The van der Waals surface area contributed by atoms with Crippen LogP contribution in [0.3, 0.4) is 0 Å². The average molecular weight is 232 g/mol. The van der Waals surface area contributed by atoms with Gasteiger partial charge in [0.25, 0.3) is 0 Å². The third-order valence-electron chi connectivity index (χ3n) is 3.24. The van der Waals surface area contributed by atoms with Crippen LogP contribution in [0.5, 0.6) is 0 Å². The summed E-state index contributed by atoms with van der Waals surface area (Å²) >= 11 is 0. The molecule has 1 saturated carbocycles. The topological polar surface area (TPSA) is 98.0 Å². The molecule has 5 nitrogen and oxygen atoms in total. The van der Waals surface area contributed by atoms with E-state index >= 15 is 0 Å². The number of aliphatic hydroxyl groups excluding tert-OH is 3. The molecule has 0 amide bonds. The summed E-state index contributed by atoms with van der Waals surface area (Å²) in [7, 11) is 0. The normalized spacial score (nSPS) is 40.0. The van der Waals surface area contributed by atoms with E-state index in [1.807, 2.05) is 13.8 Å². The molecule has 5 atom stereocenters. The van der Waals surface area contributed by atoms with Crippen molar-refractivity contribution in [2.75, 3.05) is 0 Å². The van der Waals surface area contributed by atoms with Crippen molar-refractivity contribution in [3.8, 4) is 0 Å². The number of rotatable bonds is 3. The molecule has 1 aliphatic carbocycles. The van der Waals surface area contributed by atoms with E-state index in [0.717, 1.165) is 0 Å². The number of carbonyl (C=O) groups is 1. The summed E-state index contributed by atoms with van der Waals surface area (Å²) in [5.41, 5.74) is 0. The van der Waals surface area contributed by atoms with Gasteiger partial charge in [-0.3, -0.25) is 4.79 Å². The van der Waals surface area contributed by atoms with Crippen LogP contribution >= 0.6 is 0 Å². The van der Waals surface area contributed by atoms with E-state index in [9.17, 15) is 20.1 Å². The molecular weight excluding hydrogens is 212 g/mol. The number of aliphatic hydroxyl groups is 3. The smallest absolute Gasteiger partial charge is 0.309 e. The fourth-order valence-corrected chi connectivity index (χ4v) is 2.41. The third-order valence-corrected chi connectivity index (χ3v) is 3.24. The standard InChI is InChI=1S/C11H20O5/c1-5(2)3-6-4-7(11(15)16)9(13)10(14)8(6)12/h5-10,12-14H,3-4H2,1-2H3,(H,15,16)/t6-,7?,8?,9-,10-/m1/s1. The zero-order chi connectivity index (χ0) is 12.5. The van der Waals surface area contributed by atoms with Crippen molar-refractivity contribution >= 4 is 5.97 Å². The van der Waals surface area contributed by atoms with Gasteiger partial charge in [-0.15, -0.1) is 0 Å². The summed E-state index contributed by atoms with van der Waals surface area (Å²) < 4.78 is 0. The minimum atomic E-state index is -1.38. The van der Waals surface area contributed by atoms with E-state index in [2.05, 4.69) is 0 Å². The molecular formula is C11H20O5. The Hall–Kier alpha value is -0.650. The first-order chi connectivity index (χ1) is 7.34. The summed E-state index contributed by atoms with van der Waals surface area (Å²) in [6, 6.07) is 0. The molecule has 0 aliphatic heterocycles.